The van der Waals surface area contributed by atoms with Crippen LogP contribution in [0.25, 0.3) is 11.0 Å². The van der Waals surface area contributed by atoms with Crippen molar-refractivity contribution in [2.45, 2.75) is 62.3 Å². The first-order valence-electron chi connectivity index (χ1n) is 14.8. The fourth-order valence-corrected chi connectivity index (χ4v) is 6.78. The number of carbonyl (C=O) groups excluding carboxylic acids is 3. The molecular weight excluding hydrogens is 568 g/mol. The number of amides is 2. The molecule has 1 aliphatic heterocycles. The van der Waals surface area contributed by atoms with Crippen molar-refractivity contribution in [3.05, 3.63) is 81.2 Å². The average Bonchev–Trinajstić information content (AvgIpc) is 3.44. The fourth-order valence-electron chi connectivity index (χ4n) is 6.78. The van der Waals surface area contributed by atoms with Crippen LogP contribution in [0.4, 0.5) is 0 Å². The number of hydrogen-bond acceptors (Lipinski definition) is 9. The van der Waals surface area contributed by atoms with Gasteiger partial charge in [-0.25, -0.2) is 4.79 Å². The van der Waals surface area contributed by atoms with E-state index in [0.29, 0.717) is 47.0 Å². The van der Waals surface area contributed by atoms with Crippen LogP contribution in [0.3, 0.4) is 0 Å². The van der Waals surface area contributed by atoms with E-state index in [9.17, 15) is 29.4 Å². The van der Waals surface area contributed by atoms with Gasteiger partial charge in [0.05, 0.1) is 25.7 Å². The first-order chi connectivity index (χ1) is 21.4. The lowest BCUT2D eigenvalue weighted by molar-refractivity contribution is -0.118. The number of para-hydroxylation sites is 1. The molecule has 3 aromatic rings. The number of rotatable bonds is 8. The third kappa shape index (κ3) is 5.16. The molecule has 2 heterocycles. The van der Waals surface area contributed by atoms with Gasteiger partial charge in [-0.3, -0.25) is 14.4 Å². The van der Waals surface area contributed by atoms with Gasteiger partial charge in [-0.2, -0.15) is 0 Å². The number of aldehydes is 1. The minimum absolute atomic E-state index is 0.0183. The van der Waals surface area contributed by atoms with Gasteiger partial charge in [0.1, 0.15) is 29.6 Å². The number of hydrogen-bond donors (Lipinski definition) is 3. The highest BCUT2D eigenvalue weighted by atomic mass is 16.5. The Labute approximate surface area is 253 Å². The van der Waals surface area contributed by atoms with Crippen molar-refractivity contribution in [2.75, 3.05) is 20.3 Å². The quantitative estimate of drug-likeness (QED) is 0.261. The summed E-state index contributed by atoms with van der Waals surface area (Å²) in [5, 5.41) is 24.6. The van der Waals surface area contributed by atoms with Gasteiger partial charge in [-0.05, 0) is 43.2 Å². The normalized spacial score (nSPS) is 22.8. The smallest absolute Gasteiger partial charge is 0.349 e. The van der Waals surface area contributed by atoms with Crippen LogP contribution in [0.2, 0.25) is 0 Å². The van der Waals surface area contributed by atoms with Crippen LogP contribution in [-0.2, 0) is 4.79 Å². The number of benzene rings is 2. The molecule has 11 nitrogen and oxygen atoms in total. The molecule has 2 aromatic carbocycles. The number of aliphatic hydroxyl groups excluding tert-OH is 2. The molecule has 6 rings (SSSR count). The number of carbonyl (C=O) groups is 3. The van der Waals surface area contributed by atoms with E-state index in [2.05, 4.69) is 5.32 Å². The van der Waals surface area contributed by atoms with Gasteiger partial charge in [0.15, 0.2) is 11.5 Å². The minimum Gasteiger partial charge on any atom is -0.493 e. The van der Waals surface area contributed by atoms with Crippen LogP contribution in [0, 0.1) is 0 Å². The Kier molecular flexibility index (Phi) is 8.24. The molecule has 11 heteroatoms. The molecule has 0 radical (unpaired) electrons. The number of nitrogens with zero attached hydrogens (tertiary/aromatic N) is 1. The van der Waals surface area contributed by atoms with E-state index in [1.54, 1.807) is 36.4 Å². The second-order valence-corrected chi connectivity index (χ2v) is 11.4. The molecule has 1 saturated carbocycles. The SMILES string of the molecule is COc1cc(C=O)cc2c1OC1C2C(C(=O)NCCO)=CC(N(C(=O)c2cc3ccccc3oc2=O)C2CCCCC2)C1O. The zero-order chi connectivity index (χ0) is 31.0. The molecule has 2 aliphatic carbocycles. The first kappa shape index (κ1) is 29.6. The van der Waals surface area contributed by atoms with Crippen LogP contribution in [0.1, 0.15) is 64.3 Å². The Bertz CT molecular complexity index is 1690. The van der Waals surface area contributed by atoms with Crippen molar-refractivity contribution >= 4 is 29.1 Å². The molecule has 0 spiro atoms. The zero-order valence-electron chi connectivity index (χ0n) is 24.2. The van der Waals surface area contributed by atoms with Gasteiger partial charge >= 0.3 is 5.63 Å². The number of fused-ring (bicyclic) bond motifs is 4. The Morgan fingerprint density at radius 2 is 1.91 bits per heavy atom. The topological polar surface area (TPSA) is 156 Å². The van der Waals surface area contributed by atoms with Gasteiger partial charge in [0.2, 0.25) is 5.91 Å². The predicted molar refractivity (Wildman–Crippen MR) is 159 cm³/mol. The van der Waals surface area contributed by atoms with E-state index < -0.39 is 41.6 Å². The van der Waals surface area contributed by atoms with E-state index in [-0.39, 0.29) is 36.1 Å². The molecule has 3 N–H and O–H groups in total. The highest BCUT2D eigenvalue weighted by Gasteiger charge is 2.52. The van der Waals surface area contributed by atoms with Crippen LogP contribution in [0.5, 0.6) is 11.5 Å². The summed E-state index contributed by atoms with van der Waals surface area (Å²) in [5.74, 6) is -1.36. The molecule has 3 aliphatic rings. The van der Waals surface area contributed by atoms with E-state index in [1.165, 1.54) is 24.1 Å². The largest absolute Gasteiger partial charge is 0.493 e. The summed E-state index contributed by atoms with van der Waals surface area (Å²) in [5.41, 5.74) is 0.391. The summed E-state index contributed by atoms with van der Waals surface area (Å²) in [4.78, 5) is 54.4. The van der Waals surface area contributed by atoms with Gasteiger partial charge in [0.25, 0.3) is 5.91 Å². The van der Waals surface area contributed by atoms with Gasteiger partial charge in [-0.15, -0.1) is 0 Å². The molecule has 1 fully saturated rings. The molecule has 4 atom stereocenters. The monoisotopic (exact) mass is 602 g/mol. The third-order valence-corrected chi connectivity index (χ3v) is 8.81. The van der Waals surface area contributed by atoms with Gasteiger partial charge < -0.3 is 34.3 Å². The third-order valence-electron chi connectivity index (χ3n) is 8.81. The van der Waals surface area contributed by atoms with Crippen LogP contribution >= 0.6 is 0 Å². The van der Waals surface area contributed by atoms with Crippen molar-refractivity contribution < 1.29 is 38.5 Å². The van der Waals surface area contributed by atoms with Crippen LogP contribution in [-0.4, -0.2) is 77.8 Å². The van der Waals surface area contributed by atoms with Gasteiger partial charge in [-0.1, -0.05) is 37.5 Å². The second-order valence-electron chi connectivity index (χ2n) is 11.4. The maximum atomic E-state index is 14.4. The predicted octanol–water partition coefficient (Wildman–Crippen LogP) is 2.71. The summed E-state index contributed by atoms with van der Waals surface area (Å²) in [7, 11) is 1.43. The molecule has 0 saturated heterocycles. The fraction of sp³-hybridized carbons (Fsp3) is 0.394. The number of aliphatic hydroxyl groups is 2. The number of nitrogens with one attached hydrogen (secondary N) is 1. The lowest BCUT2D eigenvalue weighted by Crippen LogP contribution is -2.59. The molecule has 230 valence electrons. The second kappa shape index (κ2) is 12.3. The van der Waals surface area contributed by atoms with Crippen molar-refractivity contribution in [3.63, 3.8) is 0 Å². The Morgan fingerprint density at radius 3 is 2.64 bits per heavy atom. The maximum Gasteiger partial charge on any atom is 0.349 e. The molecular formula is C33H34N2O9. The molecule has 0 bridgehead atoms. The molecule has 2 amide bonds. The highest BCUT2D eigenvalue weighted by molar-refractivity contribution is 5.99. The van der Waals surface area contributed by atoms with E-state index in [0.717, 1.165) is 19.3 Å². The van der Waals surface area contributed by atoms with Crippen molar-refractivity contribution in [3.8, 4) is 11.5 Å². The highest BCUT2D eigenvalue weighted by Crippen LogP contribution is 2.51. The van der Waals surface area contributed by atoms with E-state index >= 15 is 0 Å². The van der Waals surface area contributed by atoms with E-state index in [1.807, 2.05) is 0 Å². The standard InChI is InChI=1S/C33H34N2O9/c1-42-26-14-18(17-37)13-21-27-22(31(39)34-11-12-36)16-24(28(38)30(27)44-29(21)26)35(20-8-3-2-4-9-20)32(40)23-15-19-7-5-6-10-25(19)43-33(23)41/h5-7,10,13-17,20,24,27-28,30,36,38H,2-4,8-9,11-12H2,1H3,(H,34,39). The zero-order valence-corrected chi connectivity index (χ0v) is 24.2. The van der Waals surface area contributed by atoms with Crippen LogP contribution in [0.15, 0.2) is 63.3 Å². The Morgan fingerprint density at radius 1 is 1.14 bits per heavy atom. The van der Waals surface area contributed by atoms with Gasteiger partial charge in [0, 0.05) is 34.7 Å². The molecule has 44 heavy (non-hydrogen) atoms. The summed E-state index contributed by atoms with van der Waals surface area (Å²) < 4.78 is 17.3. The summed E-state index contributed by atoms with van der Waals surface area (Å²) in [6.07, 6.45) is 3.91. The summed E-state index contributed by atoms with van der Waals surface area (Å²) in [6, 6.07) is 10.1. The van der Waals surface area contributed by atoms with Crippen molar-refractivity contribution in [2.24, 2.45) is 0 Å². The first-order valence-corrected chi connectivity index (χ1v) is 14.8. The molecule has 1 aromatic heterocycles. The lowest BCUT2D eigenvalue weighted by atomic mass is 9.76. The average molecular weight is 603 g/mol. The van der Waals surface area contributed by atoms with E-state index in [4.69, 9.17) is 13.9 Å². The summed E-state index contributed by atoms with van der Waals surface area (Å²) >= 11 is 0. The number of methoxy groups -OCH3 is 1. The maximum absolute atomic E-state index is 14.4. The van der Waals surface area contributed by atoms with Crippen molar-refractivity contribution in [1.82, 2.24) is 10.2 Å². The minimum atomic E-state index is -1.32. The molecule has 4 unspecified atom stereocenters. The summed E-state index contributed by atoms with van der Waals surface area (Å²) in [6.45, 7) is -0.310. The lowest BCUT2D eigenvalue weighted by Gasteiger charge is -2.44. The Balaban J connectivity index is 1.49. The Hall–Kier alpha value is -4.48. The van der Waals surface area contributed by atoms with Crippen molar-refractivity contribution in [1.29, 1.82) is 0 Å². The van der Waals surface area contributed by atoms with Crippen LogP contribution < -0.4 is 20.4 Å². The number of ether oxygens (including phenoxy) is 2.